The lowest BCUT2D eigenvalue weighted by Crippen LogP contribution is -2.23. The van der Waals surface area contributed by atoms with Gasteiger partial charge in [0.05, 0.1) is 18.6 Å². The molecule has 5 aromatic rings. The lowest BCUT2D eigenvalue weighted by atomic mass is 10.1. The topological polar surface area (TPSA) is 91.0 Å². The first kappa shape index (κ1) is 25.3. The van der Waals surface area contributed by atoms with E-state index in [2.05, 4.69) is 22.4 Å². The smallest absolute Gasteiger partial charge is 0.278 e. The molecule has 0 aliphatic rings. The SMILES string of the molecule is COc1ccccc1-n1c(SCC(=O)Nc2nccs2)nc2c(sc(=S)n2CCc2ccccc2)c1=O. The second-order valence-electron chi connectivity index (χ2n) is 7.79. The number of nitrogens with zero attached hydrogens (tertiary/aromatic N) is 4. The van der Waals surface area contributed by atoms with E-state index in [4.69, 9.17) is 21.9 Å². The first-order valence-corrected chi connectivity index (χ1v) is 14.3. The molecule has 2 aromatic carbocycles. The Morgan fingerprint density at radius 2 is 1.95 bits per heavy atom. The Hall–Kier alpha value is -3.32. The van der Waals surface area contributed by atoms with Crippen LogP contribution >= 0.6 is 46.7 Å². The molecule has 0 atom stereocenters. The highest BCUT2D eigenvalue weighted by molar-refractivity contribution is 7.99. The monoisotopic (exact) mass is 567 g/mol. The zero-order valence-electron chi connectivity index (χ0n) is 19.6. The van der Waals surface area contributed by atoms with Gasteiger partial charge in [-0.1, -0.05) is 65.6 Å². The summed E-state index contributed by atoms with van der Waals surface area (Å²) >= 11 is 9.39. The Balaban J connectivity index is 1.57. The fraction of sp³-hybridized carbons (Fsp3) is 0.160. The summed E-state index contributed by atoms with van der Waals surface area (Å²) in [7, 11) is 1.55. The number of para-hydroxylation sites is 2. The Labute approximate surface area is 229 Å². The van der Waals surface area contributed by atoms with Crippen molar-refractivity contribution in [1.29, 1.82) is 0 Å². The maximum atomic E-state index is 13.9. The van der Waals surface area contributed by atoms with Crippen molar-refractivity contribution in [3.8, 4) is 11.4 Å². The molecule has 188 valence electrons. The average molecular weight is 568 g/mol. The van der Waals surface area contributed by atoms with Crippen LogP contribution in [0.2, 0.25) is 0 Å². The van der Waals surface area contributed by atoms with E-state index < -0.39 is 0 Å². The van der Waals surface area contributed by atoms with Crippen LogP contribution in [0.4, 0.5) is 5.13 Å². The van der Waals surface area contributed by atoms with E-state index in [9.17, 15) is 9.59 Å². The number of nitrogens with one attached hydrogen (secondary N) is 1. The standard InChI is InChI=1S/C25H21N5O3S4/c1-33-18-10-6-5-9-17(18)30-22(32)20-21(28-24(30)36-15-19(31)27-23-26-12-14-35-23)29(25(34)37-20)13-11-16-7-3-2-4-8-16/h2-10,12,14H,11,13,15H2,1H3,(H,26,27,31). The zero-order chi connectivity index (χ0) is 25.8. The number of rotatable bonds is 9. The number of aromatic nitrogens is 4. The van der Waals surface area contributed by atoms with Gasteiger partial charge in [-0.15, -0.1) is 11.3 Å². The number of benzene rings is 2. The van der Waals surface area contributed by atoms with E-state index in [1.165, 1.54) is 44.6 Å². The molecule has 0 aliphatic heterocycles. The van der Waals surface area contributed by atoms with E-state index in [-0.39, 0.29) is 17.2 Å². The molecule has 1 N–H and O–H groups in total. The summed E-state index contributed by atoms with van der Waals surface area (Å²) in [5.41, 5.74) is 1.97. The van der Waals surface area contributed by atoms with Crippen LogP contribution in [0.15, 0.2) is 76.1 Å². The molecule has 1 amide bonds. The number of methoxy groups -OCH3 is 1. The van der Waals surface area contributed by atoms with Gasteiger partial charge in [-0.25, -0.2) is 9.97 Å². The van der Waals surface area contributed by atoms with Crippen LogP contribution in [0.5, 0.6) is 5.75 Å². The minimum atomic E-state index is -0.258. The van der Waals surface area contributed by atoms with Crippen LogP contribution in [-0.4, -0.2) is 37.9 Å². The van der Waals surface area contributed by atoms with E-state index in [0.29, 0.717) is 42.6 Å². The maximum absolute atomic E-state index is 13.9. The molecule has 0 saturated carbocycles. The van der Waals surface area contributed by atoms with Gasteiger partial charge in [-0.2, -0.15) is 0 Å². The van der Waals surface area contributed by atoms with Gasteiger partial charge in [0.25, 0.3) is 5.56 Å². The number of thiazole rings is 2. The van der Waals surface area contributed by atoms with Gasteiger partial charge in [-0.3, -0.25) is 14.2 Å². The van der Waals surface area contributed by atoms with Crippen LogP contribution in [-0.2, 0) is 17.8 Å². The number of anilines is 1. The normalized spacial score (nSPS) is 11.1. The second kappa shape index (κ2) is 11.4. The van der Waals surface area contributed by atoms with Crippen LogP contribution in [0.3, 0.4) is 0 Å². The molecule has 5 rings (SSSR count). The van der Waals surface area contributed by atoms with Crippen molar-refractivity contribution in [1.82, 2.24) is 19.1 Å². The summed E-state index contributed by atoms with van der Waals surface area (Å²) in [5, 5.41) is 5.44. The Bertz CT molecular complexity index is 1660. The fourth-order valence-corrected chi connectivity index (χ4v) is 6.41. The number of amides is 1. The highest BCUT2D eigenvalue weighted by Gasteiger charge is 2.21. The van der Waals surface area contributed by atoms with Crippen LogP contribution in [0.1, 0.15) is 5.56 Å². The second-order valence-corrected chi connectivity index (χ2v) is 11.3. The van der Waals surface area contributed by atoms with Gasteiger partial charge in [-0.05, 0) is 36.3 Å². The van der Waals surface area contributed by atoms with Gasteiger partial charge in [0.2, 0.25) is 5.91 Å². The summed E-state index contributed by atoms with van der Waals surface area (Å²) < 4.78 is 9.96. The van der Waals surface area contributed by atoms with Gasteiger partial charge in [0, 0.05) is 18.1 Å². The summed E-state index contributed by atoms with van der Waals surface area (Å²) in [6.07, 6.45) is 2.37. The molecular weight excluding hydrogens is 547 g/mol. The van der Waals surface area contributed by atoms with Crippen LogP contribution in [0, 0.1) is 3.95 Å². The summed E-state index contributed by atoms with van der Waals surface area (Å²) in [6.45, 7) is 0.586. The van der Waals surface area contributed by atoms with Crippen molar-refractivity contribution in [2.24, 2.45) is 0 Å². The summed E-state index contributed by atoms with van der Waals surface area (Å²) in [4.78, 5) is 35.4. The lowest BCUT2D eigenvalue weighted by Gasteiger charge is -2.15. The summed E-state index contributed by atoms with van der Waals surface area (Å²) in [6, 6.07) is 17.3. The third-order valence-corrected chi connectivity index (χ3v) is 8.52. The number of fused-ring (bicyclic) bond motifs is 1. The quantitative estimate of drug-likeness (QED) is 0.145. The van der Waals surface area contributed by atoms with Gasteiger partial charge < -0.3 is 14.6 Å². The molecule has 0 aliphatic carbocycles. The molecule has 3 heterocycles. The Morgan fingerprint density at radius 1 is 1.16 bits per heavy atom. The Kier molecular flexibility index (Phi) is 7.79. The van der Waals surface area contributed by atoms with Gasteiger partial charge in [0.15, 0.2) is 19.9 Å². The lowest BCUT2D eigenvalue weighted by molar-refractivity contribution is -0.113. The molecule has 0 spiro atoms. The Morgan fingerprint density at radius 3 is 2.70 bits per heavy atom. The largest absolute Gasteiger partial charge is 0.495 e. The van der Waals surface area contributed by atoms with Crippen LogP contribution in [0.25, 0.3) is 16.0 Å². The van der Waals surface area contributed by atoms with E-state index >= 15 is 0 Å². The predicted molar refractivity (Wildman–Crippen MR) is 152 cm³/mol. The third-order valence-electron chi connectivity index (χ3n) is 5.46. The van der Waals surface area contributed by atoms with Crippen molar-refractivity contribution >= 4 is 68.0 Å². The number of hydrogen-bond acceptors (Lipinski definition) is 9. The van der Waals surface area contributed by atoms with Crippen molar-refractivity contribution in [3.05, 3.63) is 86.0 Å². The van der Waals surface area contributed by atoms with Crippen molar-refractivity contribution in [2.45, 2.75) is 18.1 Å². The van der Waals surface area contributed by atoms with Crippen molar-refractivity contribution < 1.29 is 9.53 Å². The molecule has 3 aromatic heterocycles. The minimum Gasteiger partial charge on any atom is -0.495 e. The predicted octanol–water partition coefficient (Wildman–Crippen LogP) is 5.42. The third kappa shape index (κ3) is 5.52. The molecular formula is C25H21N5O3S4. The zero-order valence-corrected chi connectivity index (χ0v) is 22.9. The number of aryl methyl sites for hydroxylation is 2. The van der Waals surface area contributed by atoms with E-state index in [1.54, 1.807) is 30.8 Å². The van der Waals surface area contributed by atoms with E-state index in [1.807, 2.05) is 34.9 Å². The highest BCUT2D eigenvalue weighted by Crippen LogP contribution is 2.29. The minimum absolute atomic E-state index is 0.0432. The molecule has 0 radical (unpaired) electrons. The van der Waals surface area contributed by atoms with E-state index in [0.717, 1.165) is 6.42 Å². The maximum Gasteiger partial charge on any atom is 0.278 e. The first-order chi connectivity index (χ1) is 18.0. The number of ether oxygens (including phenoxy) is 1. The number of thioether (sulfide) groups is 1. The average Bonchev–Trinajstić information content (AvgIpc) is 3.54. The fourth-order valence-electron chi connectivity index (χ4n) is 3.75. The first-order valence-electron chi connectivity index (χ1n) is 11.2. The number of carbonyl (C=O) groups is 1. The van der Waals surface area contributed by atoms with Crippen molar-refractivity contribution in [2.75, 3.05) is 18.2 Å². The molecule has 37 heavy (non-hydrogen) atoms. The van der Waals surface area contributed by atoms with Gasteiger partial charge in [0.1, 0.15) is 10.4 Å². The van der Waals surface area contributed by atoms with Gasteiger partial charge >= 0.3 is 0 Å². The number of carbonyl (C=O) groups excluding carboxylic acids is 1. The van der Waals surface area contributed by atoms with Crippen molar-refractivity contribution in [3.63, 3.8) is 0 Å². The molecule has 8 nitrogen and oxygen atoms in total. The molecule has 12 heteroatoms. The molecule has 0 unspecified atom stereocenters. The highest BCUT2D eigenvalue weighted by atomic mass is 32.2. The molecule has 0 saturated heterocycles. The molecule has 0 fully saturated rings. The summed E-state index contributed by atoms with van der Waals surface area (Å²) in [5.74, 6) is 0.320. The molecule has 0 bridgehead atoms. The number of hydrogen-bond donors (Lipinski definition) is 1. The van der Waals surface area contributed by atoms with Crippen LogP contribution < -0.4 is 15.6 Å².